The molecule has 0 radical (unpaired) electrons. The summed E-state index contributed by atoms with van der Waals surface area (Å²) < 4.78 is 16.7. The van der Waals surface area contributed by atoms with E-state index in [1.807, 2.05) is 19.9 Å². The van der Waals surface area contributed by atoms with E-state index in [0.717, 1.165) is 18.6 Å². The zero-order valence-electron chi connectivity index (χ0n) is 18.2. The summed E-state index contributed by atoms with van der Waals surface area (Å²) >= 11 is 0. The second kappa shape index (κ2) is 11.2. The summed E-state index contributed by atoms with van der Waals surface area (Å²) in [4.78, 5) is 24.4. The number of hydrogen-bond acceptors (Lipinski definition) is 5. The lowest BCUT2D eigenvalue weighted by Gasteiger charge is -2.12. The number of benzene rings is 2. The van der Waals surface area contributed by atoms with Gasteiger partial charge >= 0.3 is 0 Å². The van der Waals surface area contributed by atoms with Crippen LogP contribution in [0.2, 0.25) is 0 Å². The van der Waals surface area contributed by atoms with E-state index in [2.05, 4.69) is 22.8 Å². The van der Waals surface area contributed by atoms with Crippen molar-refractivity contribution in [2.75, 3.05) is 32.9 Å². The molecule has 2 aromatic carbocycles. The maximum absolute atomic E-state index is 12.4. The highest BCUT2D eigenvalue weighted by Crippen LogP contribution is 2.28. The van der Waals surface area contributed by atoms with Gasteiger partial charge in [-0.05, 0) is 74.6 Å². The maximum atomic E-state index is 12.4. The Kier molecular flexibility index (Phi) is 8.15. The van der Waals surface area contributed by atoms with Crippen LogP contribution in [0.3, 0.4) is 0 Å². The highest BCUT2D eigenvalue weighted by molar-refractivity contribution is 5.97. The van der Waals surface area contributed by atoms with Crippen LogP contribution in [0.1, 0.15) is 41.8 Å². The van der Waals surface area contributed by atoms with E-state index in [1.54, 1.807) is 18.2 Å². The summed E-state index contributed by atoms with van der Waals surface area (Å²) in [6, 6.07) is 11.1. The van der Waals surface area contributed by atoms with Crippen LogP contribution in [0, 0.1) is 0 Å². The second-order valence-electron chi connectivity index (χ2n) is 7.19. The lowest BCUT2D eigenvalue weighted by Crippen LogP contribution is -2.38. The lowest BCUT2D eigenvalue weighted by atomic mass is 10.1. The Morgan fingerprint density at radius 1 is 0.871 bits per heavy atom. The van der Waals surface area contributed by atoms with Crippen LogP contribution in [-0.4, -0.2) is 44.7 Å². The van der Waals surface area contributed by atoms with E-state index >= 15 is 0 Å². The Hall–Kier alpha value is -3.22. The second-order valence-corrected chi connectivity index (χ2v) is 7.19. The number of amides is 2. The average Bonchev–Trinajstić information content (AvgIpc) is 3.24. The van der Waals surface area contributed by atoms with Gasteiger partial charge in [0, 0.05) is 5.56 Å². The number of carbonyl (C=O) groups excluding carboxylic acids is 2. The van der Waals surface area contributed by atoms with Gasteiger partial charge in [-0.2, -0.15) is 0 Å². The first-order valence-electron chi connectivity index (χ1n) is 10.8. The molecule has 31 heavy (non-hydrogen) atoms. The van der Waals surface area contributed by atoms with Crippen molar-refractivity contribution in [3.8, 4) is 17.2 Å². The van der Waals surface area contributed by atoms with Gasteiger partial charge in [0.05, 0.1) is 26.3 Å². The van der Waals surface area contributed by atoms with Crippen LogP contribution in [0.15, 0.2) is 36.4 Å². The lowest BCUT2D eigenvalue weighted by molar-refractivity contribution is -0.120. The minimum Gasteiger partial charge on any atom is -0.492 e. The fourth-order valence-electron chi connectivity index (χ4n) is 3.51. The number of fused-ring (bicyclic) bond motifs is 1. The molecule has 0 aromatic heterocycles. The number of rotatable bonds is 11. The fourth-order valence-corrected chi connectivity index (χ4v) is 3.51. The summed E-state index contributed by atoms with van der Waals surface area (Å²) in [5.41, 5.74) is 3.16. The first-order valence-corrected chi connectivity index (χ1v) is 10.8. The summed E-state index contributed by atoms with van der Waals surface area (Å²) in [6.45, 7) is 5.32. The molecule has 0 saturated heterocycles. The molecule has 2 N–H and O–H groups in total. The highest BCUT2D eigenvalue weighted by Gasteiger charge is 2.13. The summed E-state index contributed by atoms with van der Waals surface area (Å²) in [5, 5.41) is 5.36. The predicted molar refractivity (Wildman–Crippen MR) is 118 cm³/mol. The minimum atomic E-state index is -0.353. The maximum Gasteiger partial charge on any atom is 0.251 e. The number of hydrogen-bond donors (Lipinski definition) is 2. The summed E-state index contributed by atoms with van der Waals surface area (Å²) in [6.07, 6.45) is 3.44. The van der Waals surface area contributed by atoms with Crippen molar-refractivity contribution in [1.82, 2.24) is 10.6 Å². The standard InChI is InChI=1S/C24H30N2O5/c1-3-29-21-11-9-19(15-22(21)30-4-2)24(28)26-16-23(27)25-12-13-31-20-10-8-17-6-5-7-18(17)14-20/h8-11,14-15H,3-7,12-13,16H2,1-2H3,(H,25,27)(H,26,28). The molecule has 0 heterocycles. The Labute approximate surface area is 183 Å². The number of carbonyl (C=O) groups is 2. The van der Waals surface area contributed by atoms with Crippen molar-refractivity contribution in [3.05, 3.63) is 53.1 Å². The topological polar surface area (TPSA) is 85.9 Å². The van der Waals surface area contributed by atoms with E-state index in [1.165, 1.54) is 17.5 Å². The molecule has 0 aliphatic heterocycles. The third-order valence-electron chi connectivity index (χ3n) is 4.98. The molecule has 0 fully saturated rings. The molecule has 0 bridgehead atoms. The predicted octanol–water partition coefficient (Wildman–Crippen LogP) is 2.90. The number of nitrogens with one attached hydrogen (secondary N) is 2. The molecule has 0 atom stereocenters. The van der Waals surface area contributed by atoms with Crippen molar-refractivity contribution in [2.45, 2.75) is 33.1 Å². The van der Waals surface area contributed by atoms with Gasteiger partial charge in [0.2, 0.25) is 5.91 Å². The van der Waals surface area contributed by atoms with Crippen molar-refractivity contribution < 1.29 is 23.8 Å². The normalized spacial score (nSPS) is 12.1. The van der Waals surface area contributed by atoms with E-state index in [4.69, 9.17) is 14.2 Å². The molecule has 1 aliphatic carbocycles. The van der Waals surface area contributed by atoms with Crippen LogP contribution in [-0.2, 0) is 17.6 Å². The van der Waals surface area contributed by atoms with Crippen LogP contribution < -0.4 is 24.8 Å². The Morgan fingerprint density at radius 2 is 1.65 bits per heavy atom. The Bertz CT molecular complexity index is 913. The zero-order valence-corrected chi connectivity index (χ0v) is 18.2. The summed E-state index contributed by atoms with van der Waals surface area (Å²) in [7, 11) is 0. The molecule has 7 heteroatoms. The monoisotopic (exact) mass is 426 g/mol. The van der Waals surface area contributed by atoms with E-state index in [-0.39, 0.29) is 18.4 Å². The van der Waals surface area contributed by atoms with Gasteiger partial charge in [-0.1, -0.05) is 6.07 Å². The van der Waals surface area contributed by atoms with Gasteiger partial charge in [0.15, 0.2) is 11.5 Å². The zero-order chi connectivity index (χ0) is 22.1. The first kappa shape index (κ1) is 22.5. The minimum absolute atomic E-state index is 0.116. The number of aryl methyl sites for hydroxylation is 2. The quantitative estimate of drug-likeness (QED) is 0.540. The van der Waals surface area contributed by atoms with E-state index in [0.29, 0.717) is 43.4 Å². The van der Waals surface area contributed by atoms with Crippen molar-refractivity contribution in [1.29, 1.82) is 0 Å². The van der Waals surface area contributed by atoms with Crippen LogP contribution in [0.5, 0.6) is 17.2 Å². The third kappa shape index (κ3) is 6.38. The average molecular weight is 427 g/mol. The Morgan fingerprint density at radius 3 is 2.45 bits per heavy atom. The van der Waals surface area contributed by atoms with Crippen molar-refractivity contribution >= 4 is 11.8 Å². The number of ether oxygens (including phenoxy) is 3. The van der Waals surface area contributed by atoms with Gasteiger partial charge in [-0.15, -0.1) is 0 Å². The van der Waals surface area contributed by atoms with Crippen molar-refractivity contribution in [2.24, 2.45) is 0 Å². The third-order valence-corrected chi connectivity index (χ3v) is 4.98. The van der Waals surface area contributed by atoms with Crippen LogP contribution in [0.4, 0.5) is 0 Å². The SMILES string of the molecule is CCOc1ccc(C(=O)NCC(=O)NCCOc2ccc3c(c2)CCC3)cc1OCC. The molecule has 0 unspecified atom stereocenters. The van der Waals surface area contributed by atoms with E-state index in [9.17, 15) is 9.59 Å². The van der Waals surface area contributed by atoms with Gasteiger partial charge in [0.25, 0.3) is 5.91 Å². The molecule has 2 aromatic rings. The van der Waals surface area contributed by atoms with E-state index < -0.39 is 0 Å². The summed E-state index contributed by atoms with van der Waals surface area (Å²) in [5.74, 6) is 1.28. The molecular formula is C24H30N2O5. The molecular weight excluding hydrogens is 396 g/mol. The fraction of sp³-hybridized carbons (Fsp3) is 0.417. The smallest absolute Gasteiger partial charge is 0.251 e. The van der Waals surface area contributed by atoms with Gasteiger partial charge in [-0.3, -0.25) is 9.59 Å². The molecule has 7 nitrogen and oxygen atoms in total. The molecule has 166 valence electrons. The van der Waals surface area contributed by atoms with Gasteiger partial charge < -0.3 is 24.8 Å². The Balaban J connectivity index is 1.40. The highest BCUT2D eigenvalue weighted by atomic mass is 16.5. The molecule has 0 spiro atoms. The van der Waals surface area contributed by atoms with Crippen LogP contribution >= 0.6 is 0 Å². The van der Waals surface area contributed by atoms with Crippen LogP contribution in [0.25, 0.3) is 0 Å². The van der Waals surface area contributed by atoms with Crippen molar-refractivity contribution in [3.63, 3.8) is 0 Å². The first-order chi connectivity index (χ1) is 15.1. The van der Waals surface area contributed by atoms with Gasteiger partial charge in [0.1, 0.15) is 12.4 Å². The van der Waals surface area contributed by atoms with Gasteiger partial charge in [-0.25, -0.2) is 0 Å². The molecule has 1 aliphatic rings. The molecule has 0 saturated carbocycles. The molecule has 2 amide bonds. The largest absolute Gasteiger partial charge is 0.492 e. The molecule has 3 rings (SSSR count).